The molecule has 0 saturated heterocycles. The molecule has 0 aromatic carbocycles. The van der Waals surface area contributed by atoms with E-state index in [4.69, 9.17) is 4.74 Å². The molecule has 1 aromatic heterocycles. The summed E-state index contributed by atoms with van der Waals surface area (Å²) in [7, 11) is 1.68. The lowest BCUT2D eigenvalue weighted by Gasteiger charge is -2.13. The maximum absolute atomic E-state index is 9.78. The van der Waals surface area contributed by atoms with Crippen LogP contribution >= 0.6 is 0 Å². The van der Waals surface area contributed by atoms with Gasteiger partial charge >= 0.3 is 0 Å². The van der Waals surface area contributed by atoms with Crippen molar-refractivity contribution in [2.45, 2.75) is 38.0 Å². The number of ether oxygens (including phenoxy) is 1. The van der Waals surface area contributed by atoms with E-state index >= 15 is 0 Å². The second kappa shape index (κ2) is 6.09. The van der Waals surface area contributed by atoms with E-state index in [1.807, 2.05) is 6.20 Å². The molecule has 6 nitrogen and oxygen atoms in total. The fourth-order valence-corrected chi connectivity index (χ4v) is 2.18. The Kier molecular flexibility index (Phi) is 4.47. The maximum Gasteiger partial charge on any atom is 0.0965 e. The van der Waals surface area contributed by atoms with E-state index in [1.165, 1.54) is 0 Å². The average molecular weight is 240 g/mol. The van der Waals surface area contributed by atoms with Gasteiger partial charge in [-0.25, -0.2) is 4.68 Å². The largest absolute Gasteiger partial charge is 0.391 e. The van der Waals surface area contributed by atoms with Crippen molar-refractivity contribution in [1.29, 1.82) is 0 Å². The van der Waals surface area contributed by atoms with Gasteiger partial charge in [0.1, 0.15) is 0 Å². The predicted molar refractivity (Wildman–Crippen MR) is 62.5 cm³/mol. The number of hydrogen-bond acceptors (Lipinski definition) is 5. The van der Waals surface area contributed by atoms with E-state index < -0.39 is 0 Å². The highest BCUT2D eigenvalue weighted by Crippen LogP contribution is 2.29. The quantitative estimate of drug-likeness (QED) is 0.690. The van der Waals surface area contributed by atoms with E-state index in [-0.39, 0.29) is 12.1 Å². The van der Waals surface area contributed by atoms with Crippen LogP contribution < -0.4 is 5.32 Å². The molecule has 0 spiro atoms. The second-order valence-electron chi connectivity index (χ2n) is 4.43. The lowest BCUT2D eigenvalue weighted by atomic mass is 10.2. The molecule has 0 aliphatic heterocycles. The summed E-state index contributed by atoms with van der Waals surface area (Å²) in [5, 5.41) is 21.2. The van der Waals surface area contributed by atoms with Gasteiger partial charge in [-0.2, -0.15) is 0 Å². The van der Waals surface area contributed by atoms with Crippen molar-refractivity contribution < 1.29 is 9.84 Å². The third-order valence-corrected chi connectivity index (χ3v) is 3.13. The third kappa shape index (κ3) is 3.24. The molecule has 1 heterocycles. The number of nitrogens with zero attached hydrogens (tertiary/aromatic N) is 3. The first kappa shape index (κ1) is 12.5. The summed E-state index contributed by atoms with van der Waals surface area (Å²) in [4.78, 5) is 0. The first-order valence-electron chi connectivity index (χ1n) is 6.09. The smallest absolute Gasteiger partial charge is 0.0965 e. The lowest BCUT2D eigenvalue weighted by Crippen LogP contribution is -2.19. The molecule has 1 fully saturated rings. The van der Waals surface area contributed by atoms with Gasteiger partial charge in [0.25, 0.3) is 0 Å². The van der Waals surface area contributed by atoms with Gasteiger partial charge in [-0.05, 0) is 19.3 Å². The van der Waals surface area contributed by atoms with Crippen molar-refractivity contribution >= 4 is 0 Å². The van der Waals surface area contributed by atoms with E-state index in [9.17, 15) is 5.11 Å². The summed E-state index contributed by atoms with van der Waals surface area (Å²) in [6.07, 6.45) is 4.56. The van der Waals surface area contributed by atoms with Crippen LogP contribution in [0.25, 0.3) is 0 Å². The standard InChI is InChI=1S/C11H20N4O2/c1-17-6-5-12-7-9-8-15(14-13-9)10-3-2-4-11(10)16/h8,10-12,16H,2-7H2,1H3. The molecule has 1 aromatic rings. The van der Waals surface area contributed by atoms with Crippen LogP contribution in [0.2, 0.25) is 0 Å². The molecule has 2 unspecified atom stereocenters. The summed E-state index contributed by atoms with van der Waals surface area (Å²) in [5.74, 6) is 0. The zero-order valence-electron chi connectivity index (χ0n) is 10.2. The normalized spacial score (nSPS) is 24.4. The van der Waals surface area contributed by atoms with Crippen LogP contribution in [0.15, 0.2) is 6.20 Å². The first-order chi connectivity index (χ1) is 8.31. The Morgan fingerprint density at radius 2 is 2.47 bits per heavy atom. The molecule has 6 heteroatoms. The monoisotopic (exact) mass is 240 g/mol. The summed E-state index contributed by atoms with van der Waals surface area (Å²) in [6, 6.07) is 0.107. The number of aliphatic hydroxyl groups is 1. The molecule has 2 N–H and O–H groups in total. The Bertz CT molecular complexity index is 342. The molecule has 0 radical (unpaired) electrons. The van der Waals surface area contributed by atoms with E-state index in [0.717, 1.165) is 31.5 Å². The minimum atomic E-state index is -0.272. The Hall–Kier alpha value is -0.980. The van der Waals surface area contributed by atoms with Gasteiger partial charge < -0.3 is 15.2 Å². The number of hydrogen-bond donors (Lipinski definition) is 2. The van der Waals surface area contributed by atoms with Crippen LogP contribution in [-0.2, 0) is 11.3 Å². The minimum Gasteiger partial charge on any atom is -0.391 e. The van der Waals surface area contributed by atoms with Crippen molar-refractivity contribution in [2.24, 2.45) is 0 Å². The molecule has 1 saturated carbocycles. The van der Waals surface area contributed by atoms with Gasteiger partial charge in [0, 0.05) is 20.2 Å². The predicted octanol–water partition coefficient (Wildman–Crippen LogP) is 0.1000. The van der Waals surface area contributed by atoms with E-state index in [2.05, 4.69) is 15.6 Å². The first-order valence-corrected chi connectivity index (χ1v) is 6.09. The Labute approximate surface area is 101 Å². The van der Waals surface area contributed by atoms with Crippen LogP contribution in [0, 0.1) is 0 Å². The van der Waals surface area contributed by atoms with Crippen molar-refractivity contribution in [3.05, 3.63) is 11.9 Å². The number of aliphatic hydroxyl groups excluding tert-OH is 1. The molecule has 1 aliphatic rings. The molecule has 2 atom stereocenters. The van der Waals surface area contributed by atoms with Crippen molar-refractivity contribution in [3.8, 4) is 0 Å². The van der Waals surface area contributed by atoms with Gasteiger partial charge in [-0.3, -0.25) is 0 Å². The SMILES string of the molecule is COCCNCc1cn(C2CCCC2O)nn1. The fraction of sp³-hybridized carbons (Fsp3) is 0.818. The van der Waals surface area contributed by atoms with Crippen LogP contribution in [0.3, 0.4) is 0 Å². The molecule has 0 amide bonds. The number of aromatic nitrogens is 3. The Morgan fingerprint density at radius 1 is 1.59 bits per heavy atom. The van der Waals surface area contributed by atoms with Crippen molar-refractivity contribution in [3.63, 3.8) is 0 Å². The zero-order chi connectivity index (χ0) is 12.1. The highest BCUT2D eigenvalue weighted by Gasteiger charge is 2.27. The summed E-state index contributed by atoms with van der Waals surface area (Å²) < 4.78 is 6.74. The van der Waals surface area contributed by atoms with E-state index in [0.29, 0.717) is 13.2 Å². The minimum absolute atomic E-state index is 0.107. The second-order valence-corrected chi connectivity index (χ2v) is 4.43. The van der Waals surface area contributed by atoms with Crippen LogP contribution in [-0.4, -0.2) is 46.5 Å². The molecule has 2 rings (SSSR count). The molecule has 96 valence electrons. The van der Waals surface area contributed by atoms with Gasteiger partial charge in [0.2, 0.25) is 0 Å². The average Bonchev–Trinajstić information content (AvgIpc) is 2.93. The van der Waals surface area contributed by atoms with Crippen LogP contribution in [0.1, 0.15) is 31.0 Å². The van der Waals surface area contributed by atoms with Crippen LogP contribution in [0.5, 0.6) is 0 Å². The highest BCUT2D eigenvalue weighted by molar-refractivity contribution is 4.95. The van der Waals surface area contributed by atoms with Gasteiger partial charge in [0.05, 0.1) is 30.6 Å². The Morgan fingerprint density at radius 3 is 3.18 bits per heavy atom. The molecular weight excluding hydrogens is 220 g/mol. The molecular formula is C11H20N4O2. The van der Waals surface area contributed by atoms with Gasteiger partial charge in [-0.15, -0.1) is 5.10 Å². The van der Waals surface area contributed by atoms with Gasteiger partial charge in [0.15, 0.2) is 0 Å². The van der Waals surface area contributed by atoms with Gasteiger partial charge in [-0.1, -0.05) is 5.21 Å². The molecule has 0 bridgehead atoms. The molecule has 17 heavy (non-hydrogen) atoms. The Balaban J connectivity index is 1.83. The zero-order valence-corrected chi connectivity index (χ0v) is 10.2. The number of methoxy groups -OCH3 is 1. The maximum atomic E-state index is 9.78. The number of nitrogens with one attached hydrogen (secondary N) is 1. The summed E-state index contributed by atoms with van der Waals surface area (Å²) >= 11 is 0. The third-order valence-electron chi connectivity index (χ3n) is 3.13. The highest BCUT2D eigenvalue weighted by atomic mass is 16.5. The topological polar surface area (TPSA) is 72.2 Å². The lowest BCUT2D eigenvalue weighted by molar-refractivity contribution is 0.129. The fourth-order valence-electron chi connectivity index (χ4n) is 2.18. The summed E-state index contributed by atoms with van der Waals surface area (Å²) in [5.41, 5.74) is 0.903. The van der Waals surface area contributed by atoms with Crippen LogP contribution in [0.4, 0.5) is 0 Å². The van der Waals surface area contributed by atoms with Crippen molar-refractivity contribution in [2.75, 3.05) is 20.3 Å². The number of rotatable bonds is 6. The van der Waals surface area contributed by atoms with E-state index in [1.54, 1.807) is 11.8 Å². The summed E-state index contributed by atoms with van der Waals surface area (Å²) in [6.45, 7) is 2.18. The molecule has 1 aliphatic carbocycles. The van der Waals surface area contributed by atoms with Crippen molar-refractivity contribution in [1.82, 2.24) is 20.3 Å².